The zero-order chi connectivity index (χ0) is 19.1. The van der Waals surface area contributed by atoms with Crippen molar-refractivity contribution < 1.29 is 36.9 Å². The van der Waals surface area contributed by atoms with Gasteiger partial charge in [0.1, 0.15) is 4.91 Å². The van der Waals surface area contributed by atoms with Gasteiger partial charge in [0.15, 0.2) is 11.5 Å². The summed E-state index contributed by atoms with van der Waals surface area (Å²) in [7, 11) is 0. The first-order valence-electron chi connectivity index (χ1n) is 7.68. The molecular weight excluding hydrogens is 424 g/mol. The van der Waals surface area contributed by atoms with Gasteiger partial charge in [-0.2, -0.15) is 0 Å². The van der Waals surface area contributed by atoms with Crippen LogP contribution in [0.15, 0.2) is 57.1 Å². The number of thioether (sulfide) groups is 1. The van der Waals surface area contributed by atoms with Gasteiger partial charge in [0, 0.05) is 23.9 Å². The third-order valence-corrected chi connectivity index (χ3v) is 6.11. The molecule has 1 aliphatic heterocycles. The summed E-state index contributed by atoms with van der Waals surface area (Å²) in [4.78, 5) is 23.6. The van der Waals surface area contributed by atoms with E-state index in [1.165, 1.54) is 47.4 Å². The normalized spacial score (nSPS) is 14.0. The number of carbonyl (C=O) groups excluding carboxylic acids is 1. The Balaban J connectivity index is 0.00000225. The lowest BCUT2D eigenvalue weighted by molar-refractivity contribution is -0.588. The van der Waals surface area contributed by atoms with Crippen LogP contribution < -0.4 is 17.0 Å². The molecule has 2 aromatic carbocycles. The maximum atomic E-state index is 12.8. The molecule has 1 aliphatic rings. The Morgan fingerprint density at radius 1 is 1.07 bits per heavy atom. The van der Waals surface area contributed by atoms with Gasteiger partial charge < -0.3 is 22.6 Å². The van der Waals surface area contributed by atoms with E-state index < -0.39 is 4.92 Å². The number of nitrogens with zero attached hydrogens (tertiary/aromatic N) is 2. The fraction of sp³-hybridized carbons (Fsp3) is 0. The molecule has 0 atom stereocenters. The number of phenols is 2. The number of non-ortho nitro benzene ring substituents is 1. The van der Waals surface area contributed by atoms with Crippen LogP contribution in [0.4, 0.5) is 5.69 Å². The molecule has 0 amide bonds. The van der Waals surface area contributed by atoms with Crippen molar-refractivity contribution in [2.45, 2.75) is 4.34 Å². The van der Waals surface area contributed by atoms with Gasteiger partial charge in [0.25, 0.3) is 5.69 Å². The van der Waals surface area contributed by atoms with Crippen LogP contribution in [0.2, 0.25) is 0 Å². The van der Waals surface area contributed by atoms with Crippen molar-refractivity contribution in [3.05, 3.63) is 68.4 Å². The van der Waals surface area contributed by atoms with Crippen LogP contribution in [0, 0.1) is 10.1 Å². The summed E-state index contributed by atoms with van der Waals surface area (Å²) < 4.78 is 2.33. The molecule has 0 unspecified atom stereocenters. The molecule has 10 heteroatoms. The van der Waals surface area contributed by atoms with Crippen LogP contribution in [0.3, 0.4) is 0 Å². The lowest BCUT2D eigenvalue weighted by atomic mass is 10.1. The average molecular weight is 435 g/mol. The Labute approximate surface area is 173 Å². The molecule has 28 heavy (non-hydrogen) atoms. The molecule has 2 heterocycles. The SMILES string of the molecule is O=C1C(=Cc2ccc([N+](=O)[O-])cc2)Sc2scc(-c3ccc(O)c(O)c3)[n+]21.[Cl-]. The fourth-order valence-electron chi connectivity index (χ4n) is 2.63. The fourth-order valence-corrected chi connectivity index (χ4v) is 4.82. The van der Waals surface area contributed by atoms with E-state index in [9.17, 15) is 25.1 Å². The number of fused-ring (bicyclic) bond motifs is 1. The molecule has 0 saturated heterocycles. The van der Waals surface area contributed by atoms with Crippen LogP contribution in [0.5, 0.6) is 11.5 Å². The summed E-state index contributed by atoms with van der Waals surface area (Å²) in [5, 5.41) is 31.7. The van der Waals surface area contributed by atoms with Gasteiger partial charge in [-0.3, -0.25) is 10.1 Å². The number of nitro benzene ring substituents is 1. The van der Waals surface area contributed by atoms with Gasteiger partial charge in [-0.25, -0.2) is 4.79 Å². The van der Waals surface area contributed by atoms with Crippen molar-refractivity contribution in [1.29, 1.82) is 0 Å². The first-order valence-corrected chi connectivity index (χ1v) is 9.38. The number of carbonyl (C=O) groups is 1. The summed E-state index contributed by atoms with van der Waals surface area (Å²) in [6.45, 7) is 0. The minimum Gasteiger partial charge on any atom is -1.00 e. The summed E-state index contributed by atoms with van der Waals surface area (Å²) >= 11 is 2.72. The largest absolute Gasteiger partial charge is 1.00 e. The number of phenolic OH excluding ortho intramolecular Hbond substituents is 2. The number of benzene rings is 2. The third kappa shape index (κ3) is 3.47. The maximum absolute atomic E-state index is 12.8. The van der Waals surface area contributed by atoms with E-state index in [0.29, 0.717) is 21.7 Å². The number of allylic oxidation sites excluding steroid dienone is 1. The third-order valence-electron chi connectivity index (χ3n) is 3.98. The van der Waals surface area contributed by atoms with Gasteiger partial charge in [0.05, 0.1) is 15.9 Å². The zero-order valence-corrected chi connectivity index (χ0v) is 16.3. The van der Waals surface area contributed by atoms with Crippen LogP contribution >= 0.6 is 23.1 Å². The number of aromatic nitrogens is 1. The van der Waals surface area contributed by atoms with Gasteiger partial charge >= 0.3 is 10.2 Å². The van der Waals surface area contributed by atoms with Gasteiger partial charge in [0.2, 0.25) is 5.69 Å². The molecule has 4 rings (SSSR count). The van der Waals surface area contributed by atoms with Crippen LogP contribution in [-0.2, 0) is 0 Å². The summed E-state index contributed by atoms with van der Waals surface area (Å²) in [6, 6.07) is 10.4. The number of thiazole rings is 1. The predicted octanol–water partition coefficient (Wildman–Crippen LogP) is 0.813. The molecule has 2 N–H and O–H groups in total. The molecule has 0 fully saturated rings. The molecular formula is C18H11ClN2O5S2. The van der Waals surface area contributed by atoms with Crippen molar-refractivity contribution in [2.24, 2.45) is 0 Å². The highest BCUT2D eigenvalue weighted by Crippen LogP contribution is 2.39. The number of hydrogen-bond donors (Lipinski definition) is 2. The lowest BCUT2D eigenvalue weighted by Crippen LogP contribution is -3.00. The quantitative estimate of drug-likeness (QED) is 0.208. The number of hydrogen-bond acceptors (Lipinski definition) is 7. The molecule has 7 nitrogen and oxygen atoms in total. The van der Waals surface area contributed by atoms with Crippen LogP contribution in [-0.4, -0.2) is 21.0 Å². The summed E-state index contributed by atoms with van der Waals surface area (Å²) in [5.41, 5.74) is 1.91. The lowest BCUT2D eigenvalue weighted by Gasteiger charge is -1.99. The minimum absolute atomic E-state index is 0. The highest BCUT2D eigenvalue weighted by atomic mass is 35.5. The monoisotopic (exact) mass is 434 g/mol. The Morgan fingerprint density at radius 2 is 1.79 bits per heavy atom. The molecule has 0 saturated carbocycles. The van der Waals surface area contributed by atoms with Crippen LogP contribution in [0.1, 0.15) is 10.4 Å². The van der Waals surface area contributed by atoms with E-state index in [4.69, 9.17) is 0 Å². The second-order valence-electron chi connectivity index (χ2n) is 5.69. The number of nitro groups is 1. The van der Waals surface area contributed by atoms with E-state index in [0.717, 1.165) is 4.34 Å². The molecule has 0 radical (unpaired) electrons. The summed E-state index contributed by atoms with van der Waals surface area (Å²) in [5.74, 6) is -0.694. The topological polar surface area (TPSA) is 105 Å². The Bertz CT molecular complexity index is 1130. The van der Waals surface area contributed by atoms with E-state index in [-0.39, 0.29) is 35.5 Å². The van der Waals surface area contributed by atoms with Crippen molar-refractivity contribution in [1.82, 2.24) is 0 Å². The minimum atomic E-state index is -0.473. The Morgan fingerprint density at radius 3 is 2.43 bits per heavy atom. The Hall–Kier alpha value is -2.88. The predicted molar refractivity (Wildman–Crippen MR) is 101 cm³/mol. The molecule has 0 spiro atoms. The van der Waals surface area contributed by atoms with E-state index in [2.05, 4.69) is 0 Å². The number of aromatic hydroxyl groups is 2. The van der Waals surface area contributed by atoms with Gasteiger partial charge in [-0.05, 0) is 42.0 Å². The molecule has 0 bridgehead atoms. The van der Waals surface area contributed by atoms with Gasteiger partial charge in [-0.1, -0.05) is 11.3 Å². The van der Waals surface area contributed by atoms with E-state index >= 15 is 0 Å². The molecule has 142 valence electrons. The maximum Gasteiger partial charge on any atom is 0.433 e. The number of rotatable bonds is 3. The Kier molecular flexibility index (Phi) is 5.41. The van der Waals surface area contributed by atoms with Crippen molar-refractivity contribution in [3.8, 4) is 22.8 Å². The van der Waals surface area contributed by atoms with Crippen molar-refractivity contribution in [3.63, 3.8) is 0 Å². The second kappa shape index (κ2) is 7.63. The first kappa shape index (κ1) is 19.9. The highest BCUT2D eigenvalue weighted by molar-refractivity contribution is 8.05. The van der Waals surface area contributed by atoms with Crippen molar-refractivity contribution in [2.75, 3.05) is 0 Å². The van der Waals surface area contributed by atoms with Crippen molar-refractivity contribution >= 4 is 40.8 Å². The molecule has 3 aromatic rings. The second-order valence-corrected chi connectivity index (χ2v) is 7.84. The molecule has 0 aliphatic carbocycles. The molecule has 1 aromatic heterocycles. The van der Waals surface area contributed by atoms with E-state index in [1.807, 2.05) is 5.38 Å². The average Bonchev–Trinajstić information content (AvgIpc) is 3.19. The zero-order valence-electron chi connectivity index (χ0n) is 13.9. The smallest absolute Gasteiger partial charge is 0.433 e. The number of halogens is 1. The van der Waals surface area contributed by atoms with Gasteiger partial charge in [-0.15, -0.1) is 4.57 Å². The standard InChI is InChI=1S/C18H10N2O5S2.ClH/c21-14-6-3-11(8-15(14)22)13-9-26-18-19(13)17(23)16(27-18)7-10-1-4-12(5-2-10)20(24)25;/h1-9H,(H-,21,22);1H. The van der Waals surface area contributed by atoms with E-state index in [1.54, 1.807) is 28.8 Å². The van der Waals surface area contributed by atoms with Crippen LogP contribution in [0.25, 0.3) is 17.3 Å². The first-order chi connectivity index (χ1) is 12.9. The summed E-state index contributed by atoms with van der Waals surface area (Å²) in [6.07, 6.45) is 1.69. The highest BCUT2D eigenvalue weighted by Gasteiger charge is 2.40.